The Kier molecular flexibility index (Phi) is 4.06. The zero-order valence-corrected chi connectivity index (χ0v) is 14.7. The third-order valence-corrected chi connectivity index (χ3v) is 4.20. The first-order valence-electron chi connectivity index (χ1n) is 7.73. The van der Waals surface area contributed by atoms with Crippen molar-refractivity contribution in [2.24, 2.45) is 9.98 Å². The summed E-state index contributed by atoms with van der Waals surface area (Å²) in [6, 6.07) is 13.4. The van der Waals surface area contributed by atoms with Crippen LogP contribution < -0.4 is 0 Å². The first-order chi connectivity index (χ1) is 11.3. The third-order valence-electron chi connectivity index (χ3n) is 3.91. The van der Waals surface area contributed by atoms with Crippen LogP contribution in [0.4, 0.5) is 0 Å². The van der Waals surface area contributed by atoms with Crippen molar-refractivity contribution in [1.82, 2.24) is 0 Å². The quantitative estimate of drug-likeness (QED) is 0.812. The molecule has 0 spiro atoms. The molecule has 0 aromatic heterocycles. The van der Waals surface area contributed by atoms with Crippen LogP contribution in [-0.4, -0.2) is 16.7 Å². The van der Waals surface area contributed by atoms with E-state index in [0.717, 1.165) is 22.4 Å². The van der Waals surface area contributed by atoms with Gasteiger partial charge in [-0.3, -0.25) is 0 Å². The minimum Gasteiger partial charge on any atom is -0.506 e. The molecule has 3 nitrogen and oxygen atoms in total. The summed E-state index contributed by atoms with van der Waals surface area (Å²) in [5.74, 6) is 0.670. The van der Waals surface area contributed by atoms with Crippen molar-refractivity contribution in [2.75, 3.05) is 0 Å². The summed E-state index contributed by atoms with van der Waals surface area (Å²) in [4.78, 5) is 9.12. The SMILES string of the molecule is C=C1N=C(c2cc(Cl)c(O)c(C(C)(C)C)c2)N=C1c1ccccc1. The molecule has 3 rings (SSSR count). The molecule has 24 heavy (non-hydrogen) atoms. The highest BCUT2D eigenvalue weighted by molar-refractivity contribution is 6.33. The molecule has 2 aromatic rings. The lowest BCUT2D eigenvalue weighted by molar-refractivity contribution is 0.447. The van der Waals surface area contributed by atoms with Gasteiger partial charge >= 0.3 is 0 Å². The van der Waals surface area contributed by atoms with Gasteiger partial charge in [0, 0.05) is 16.7 Å². The van der Waals surface area contributed by atoms with Crippen LogP contribution in [0.15, 0.2) is 64.7 Å². The monoisotopic (exact) mass is 338 g/mol. The maximum Gasteiger partial charge on any atom is 0.160 e. The van der Waals surface area contributed by atoms with Crippen molar-refractivity contribution in [1.29, 1.82) is 0 Å². The van der Waals surface area contributed by atoms with Crippen molar-refractivity contribution >= 4 is 23.1 Å². The number of allylic oxidation sites excluding steroid dienone is 1. The number of halogens is 1. The van der Waals surface area contributed by atoms with Gasteiger partial charge in [0.1, 0.15) is 5.75 Å². The standard InChI is InChI=1S/C20H19ClN2O/c1-12-17(13-8-6-5-7-9-13)23-19(22-12)14-10-15(20(2,3)4)18(24)16(21)11-14/h5-11,24H,1H2,2-4H3. The number of aromatic hydroxyl groups is 1. The molecule has 1 aliphatic rings. The average molecular weight is 339 g/mol. The van der Waals surface area contributed by atoms with Crippen molar-refractivity contribution in [3.05, 3.63) is 76.5 Å². The number of hydrogen-bond donors (Lipinski definition) is 1. The van der Waals surface area contributed by atoms with Crippen LogP contribution in [0.1, 0.15) is 37.5 Å². The molecule has 0 bridgehead atoms. The molecule has 1 heterocycles. The Bertz CT molecular complexity index is 875. The maximum absolute atomic E-state index is 10.3. The highest BCUT2D eigenvalue weighted by Gasteiger charge is 2.24. The Labute approximate surface area is 147 Å². The van der Waals surface area contributed by atoms with Crippen molar-refractivity contribution in [3.8, 4) is 5.75 Å². The zero-order valence-electron chi connectivity index (χ0n) is 14.0. The van der Waals surface area contributed by atoms with Gasteiger partial charge in [-0.2, -0.15) is 0 Å². The summed E-state index contributed by atoms with van der Waals surface area (Å²) in [6.45, 7) is 10.1. The molecule has 0 aliphatic carbocycles. The molecule has 4 heteroatoms. The zero-order chi connectivity index (χ0) is 17.5. The number of amidine groups is 1. The summed E-state index contributed by atoms with van der Waals surface area (Å²) in [5, 5.41) is 10.6. The smallest absolute Gasteiger partial charge is 0.160 e. The molecule has 0 saturated carbocycles. The summed E-state index contributed by atoms with van der Waals surface area (Å²) in [6.07, 6.45) is 0. The normalized spacial score (nSPS) is 14.6. The second-order valence-corrected chi connectivity index (χ2v) is 7.22. The fourth-order valence-corrected chi connectivity index (χ4v) is 2.85. The minimum absolute atomic E-state index is 0.109. The van der Waals surface area contributed by atoms with Gasteiger partial charge in [-0.05, 0) is 17.5 Å². The maximum atomic E-state index is 10.3. The van der Waals surface area contributed by atoms with E-state index in [2.05, 4.69) is 16.6 Å². The van der Waals surface area contributed by atoms with Crippen LogP contribution in [0.25, 0.3) is 0 Å². The van der Waals surface area contributed by atoms with Crippen LogP contribution >= 0.6 is 11.6 Å². The van der Waals surface area contributed by atoms with Crippen molar-refractivity contribution in [3.63, 3.8) is 0 Å². The molecule has 0 radical (unpaired) electrons. The summed E-state index contributed by atoms with van der Waals surface area (Å²) < 4.78 is 0. The Morgan fingerprint density at radius 2 is 1.67 bits per heavy atom. The van der Waals surface area contributed by atoms with Crippen LogP contribution in [0.5, 0.6) is 5.75 Å². The fraction of sp³-hybridized carbons (Fsp3) is 0.200. The number of phenols is 1. The van der Waals surface area contributed by atoms with E-state index in [4.69, 9.17) is 11.6 Å². The predicted octanol–water partition coefficient (Wildman–Crippen LogP) is 5.11. The summed E-state index contributed by atoms with van der Waals surface area (Å²) >= 11 is 6.22. The minimum atomic E-state index is -0.244. The van der Waals surface area contributed by atoms with E-state index >= 15 is 0 Å². The number of nitrogens with zero attached hydrogens (tertiary/aromatic N) is 2. The number of rotatable bonds is 2. The molecule has 122 valence electrons. The Morgan fingerprint density at radius 1 is 1.00 bits per heavy atom. The van der Waals surface area contributed by atoms with Crippen molar-refractivity contribution in [2.45, 2.75) is 26.2 Å². The van der Waals surface area contributed by atoms with E-state index in [1.165, 1.54) is 0 Å². The van der Waals surface area contributed by atoms with Crippen LogP contribution in [0, 0.1) is 0 Å². The van der Waals surface area contributed by atoms with Gasteiger partial charge in [-0.15, -0.1) is 0 Å². The van der Waals surface area contributed by atoms with Gasteiger partial charge in [-0.1, -0.05) is 69.3 Å². The first kappa shape index (κ1) is 16.5. The number of benzene rings is 2. The molecular weight excluding hydrogens is 320 g/mol. The lowest BCUT2D eigenvalue weighted by Crippen LogP contribution is -2.13. The third kappa shape index (κ3) is 3.00. The lowest BCUT2D eigenvalue weighted by atomic mass is 9.85. The first-order valence-corrected chi connectivity index (χ1v) is 8.10. The van der Waals surface area contributed by atoms with E-state index < -0.39 is 0 Å². The molecule has 0 amide bonds. The molecule has 1 N–H and O–H groups in total. The Morgan fingerprint density at radius 3 is 2.29 bits per heavy atom. The molecule has 2 aromatic carbocycles. The largest absolute Gasteiger partial charge is 0.506 e. The summed E-state index contributed by atoms with van der Waals surface area (Å²) in [7, 11) is 0. The number of hydrogen-bond acceptors (Lipinski definition) is 3. The van der Waals surface area contributed by atoms with Crippen LogP contribution in [0.3, 0.4) is 0 Å². The number of phenolic OH excluding ortho intramolecular Hbond substituents is 1. The average Bonchev–Trinajstić information content (AvgIpc) is 2.91. The molecule has 0 atom stereocenters. The molecule has 0 fully saturated rings. The van der Waals surface area contributed by atoms with Gasteiger partial charge in [0.25, 0.3) is 0 Å². The predicted molar refractivity (Wildman–Crippen MR) is 100 cm³/mol. The summed E-state index contributed by atoms with van der Waals surface area (Å²) in [5.41, 5.74) is 3.65. The van der Waals surface area contributed by atoms with E-state index in [-0.39, 0.29) is 11.2 Å². The lowest BCUT2D eigenvalue weighted by Gasteiger charge is -2.21. The van der Waals surface area contributed by atoms with E-state index in [1.807, 2.05) is 57.2 Å². The fourth-order valence-electron chi connectivity index (χ4n) is 2.63. The molecule has 0 unspecified atom stereocenters. The van der Waals surface area contributed by atoms with Crippen LogP contribution in [-0.2, 0) is 5.41 Å². The topological polar surface area (TPSA) is 45.0 Å². The second-order valence-electron chi connectivity index (χ2n) is 6.81. The Balaban J connectivity index is 2.08. The molecule has 0 saturated heterocycles. The second kappa shape index (κ2) is 5.91. The van der Waals surface area contributed by atoms with Gasteiger partial charge in [0.2, 0.25) is 0 Å². The highest BCUT2D eigenvalue weighted by Crippen LogP contribution is 2.37. The molecule has 1 aliphatic heterocycles. The highest BCUT2D eigenvalue weighted by atomic mass is 35.5. The van der Waals surface area contributed by atoms with Gasteiger partial charge < -0.3 is 5.11 Å². The van der Waals surface area contributed by atoms with Gasteiger partial charge in [0.05, 0.1) is 16.4 Å². The van der Waals surface area contributed by atoms with Crippen molar-refractivity contribution < 1.29 is 5.11 Å². The molecular formula is C20H19ClN2O. The van der Waals surface area contributed by atoms with Gasteiger partial charge in [0.15, 0.2) is 5.84 Å². The van der Waals surface area contributed by atoms with Gasteiger partial charge in [-0.25, -0.2) is 9.98 Å². The Hall–Kier alpha value is -2.39. The van der Waals surface area contributed by atoms with E-state index in [9.17, 15) is 5.11 Å². The van der Waals surface area contributed by atoms with E-state index in [1.54, 1.807) is 6.07 Å². The number of aliphatic imine (C=N–C) groups is 2. The van der Waals surface area contributed by atoms with E-state index in [0.29, 0.717) is 16.6 Å². The van der Waals surface area contributed by atoms with Crippen LogP contribution in [0.2, 0.25) is 5.02 Å².